The van der Waals surface area contributed by atoms with Gasteiger partial charge in [0, 0.05) is 24.0 Å². The molecule has 172 valence electrons. The predicted molar refractivity (Wildman–Crippen MR) is 113 cm³/mol. The third kappa shape index (κ3) is 5.51. The molecule has 0 saturated heterocycles. The number of hydrogen-bond acceptors (Lipinski definition) is 8. The fourth-order valence-electron chi connectivity index (χ4n) is 3.16. The summed E-state index contributed by atoms with van der Waals surface area (Å²) < 4.78 is 10.5. The number of ether oxygens (including phenoxy) is 2. The van der Waals surface area contributed by atoms with E-state index in [1.165, 1.54) is 42.4 Å². The third-order valence-corrected chi connectivity index (χ3v) is 4.79. The van der Waals surface area contributed by atoms with Crippen LogP contribution >= 0.6 is 0 Å². The van der Waals surface area contributed by atoms with Crippen LogP contribution in [0.5, 0.6) is 0 Å². The second kappa shape index (κ2) is 11.1. The first-order valence-corrected chi connectivity index (χ1v) is 10.2. The maximum atomic E-state index is 12.9. The van der Waals surface area contributed by atoms with Gasteiger partial charge in [0.2, 0.25) is 0 Å². The molecule has 0 spiro atoms. The Hall–Kier alpha value is -3.69. The number of nitro benzene ring substituents is 1. The quantitative estimate of drug-likeness (QED) is 0.326. The summed E-state index contributed by atoms with van der Waals surface area (Å²) in [6.07, 6.45) is 3.58. The van der Waals surface area contributed by atoms with Gasteiger partial charge in [0.25, 0.3) is 5.69 Å². The smallest absolute Gasteiger partial charge is 0.336 e. The van der Waals surface area contributed by atoms with E-state index < -0.39 is 34.8 Å². The number of nitro groups is 1. The zero-order chi connectivity index (χ0) is 23.8. The summed E-state index contributed by atoms with van der Waals surface area (Å²) in [7, 11) is 0. The first kappa shape index (κ1) is 24.6. The maximum Gasteiger partial charge on any atom is 0.336 e. The van der Waals surface area contributed by atoms with Crippen molar-refractivity contribution < 1.29 is 33.9 Å². The lowest BCUT2D eigenvalue weighted by atomic mass is 9.82. The van der Waals surface area contributed by atoms with Gasteiger partial charge in [-0.05, 0) is 19.8 Å². The van der Waals surface area contributed by atoms with Crippen molar-refractivity contribution in [1.29, 1.82) is 0 Å². The van der Waals surface area contributed by atoms with Crippen LogP contribution < -0.4 is 0 Å². The zero-order valence-electron chi connectivity index (χ0n) is 18.1. The summed E-state index contributed by atoms with van der Waals surface area (Å²) in [6, 6.07) is 4.62. The fraction of sp³-hybridized carbons (Fsp3) is 0.409. The van der Waals surface area contributed by atoms with Gasteiger partial charge in [-0.2, -0.15) is 0 Å². The molecule has 1 aromatic carbocycles. The molecule has 0 saturated carbocycles. The Kier molecular flexibility index (Phi) is 8.51. The average Bonchev–Trinajstić information content (AvgIpc) is 2.79. The number of hydrogen-bond donors (Lipinski definition) is 1. The second-order valence-electron chi connectivity index (χ2n) is 7.15. The first-order valence-electron chi connectivity index (χ1n) is 10.2. The minimum Gasteiger partial charge on any atom is -0.480 e. The highest BCUT2D eigenvalue weighted by atomic mass is 16.6. The number of carboxylic acid groups (broad SMARTS) is 1. The summed E-state index contributed by atoms with van der Waals surface area (Å²) in [5, 5.41) is 21.1. The van der Waals surface area contributed by atoms with Crippen molar-refractivity contribution in [3.63, 3.8) is 0 Å². The van der Waals surface area contributed by atoms with Gasteiger partial charge >= 0.3 is 17.9 Å². The minimum absolute atomic E-state index is 0.0909. The van der Waals surface area contributed by atoms with Gasteiger partial charge in [0.15, 0.2) is 0 Å². The molecule has 0 fully saturated rings. The lowest BCUT2D eigenvalue weighted by molar-refractivity contribution is -0.385. The molecule has 0 bridgehead atoms. The van der Waals surface area contributed by atoms with Crippen molar-refractivity contribution in [1.82, 2.24) is 4.90 Å². The van der Waals surface area contributed by atoms with Gasteiger partial charge in [-0.3, -0.25) is 10.1 Å². The van der Waals surface area contributed by atoms with E-state index in [-0.39, 0.29) is 35.6 Å². The molecule has 1 N–H and O–H groups in total. The summed E-state index contributed by atoms with van der Waals surface area (Å²) in [5.41, 5.74) is -0.376. The van der Waals surface area contributed by atoms with E-state index in [0.29, 0.717) is 12.8 Å². The van der Waals surface area contributed by atoms with Gasteiger partial charge in [0.1, 0.15) is 6.04 Å². The topological polar surface area (TPSA) is 136 Å². The number of esters is 2. The van der Waals surface area contributed by atoms with E-state index in [1.54, 1.807) is 19.9 Å². The monoisotopic (exact) mass is 446 g/mol. The van der Waals surface area contributed by atoms with Crippen LogP contribution in [0.15, 0.2) is 47.8 Å². The van der Waals surface area contributed by atoms with E-state index in [0.717, 1.165) is 0 Å². The van der Waals surface area contributed by atoms with Crippen LogP contribution in [0.1, 0.15) is 45.1 Å². The number of carbonyl (C=O) groups is 3. The number of para-hydroxylation sites is 1. The second-order valence-corrected chi connectivity index (χ2v) is 7.15. The van der Waals surface area contributed by atoms with E-state index in [2.05, 4.69) is 0 Å². The Morgan fingerprint density at radius 3 is 2.00 bits per heavy atom. The van der Waals surface area contributed by atoms with Crippen molar-refractivity contribution in [3.8, 4) is 0 Å². The highest BCUT2D eigenvalue weighted by molar-refractivity contribution is 5.99. The van der Waals surface area contributed by atoms with Crippen LogP contribution in [0.3, 0.4) is 0 Å². The van der Waals surface area contributed by atoms with E-state index >= 15 is 0 Å². The molecular weight excluding hydrogens is 420 g/mol. The van der Waals surface area contributed by atoms with Crippen LogP contribution in [0.4, 0.5) is 5.69 Å². The molecule has 0 radical (unpaired) electrons. The van der Waals surface area contributed by atoms with Gasteiger partial charge in [-0.1, -0.05) is 32.0 Å². The Bertz CT molecular complexity index is 915. The normalized spacial score (nSPS) is 14.8. The Balaban J connectivity index is 2.71. The van der Waals surface area contributed by atoms with E-state index in [1.807, 2.05) is 0 Å². The molecule has 1 aromatic rings. The molecule has 32 heavy (non-hydrogen) atoms. The predicted octanol–water partition coefficient (Wildman–Crippen LogP) is 3.14. The molecule has 1 heterocycles. The first-order chi connectivity index (χ1) is 15.2. The van der Waals surface area contributed by atoms with Crippen molar-refractivity contribution >= 4 is 23.6 Å². The molecule has 1 atom stereocenters. The molecule has 10 heteroatoms. The largest absolute Gasteiger partial charge is 0.480 e. The van der Waals surface area contributed by atoms with E-state index in [9.17, 15) is 29.6 Å². The summed E-state index contributed by atoms with van der Waals surface area (Å²) in [6.45, 7) is 5.16. The molecule has 1 aliphatic heterocycles. The average molecular weight is 446 g/mol. The Morgan fingerprint density at radius 2 is 1.56 bits per heavy atom. The summed E-state index contributed by atoms with van der Waals surface area (Å²) in [4.78, 5) is 49.7. The molecule has 0 aliphatic carbocycles. The molecular formula is C22H26N2O8. The molecule has 10 nitrogen and oxygen atoms in total. The Labute approximate surface area is 185 Å². The molecule has 0 aromatic heterocycles. The highest BCUT2D eigenvalue weighted by Gasteiger charge is 2.40. The van der Waals surface area contributed by atoms with Crippen LogP contribution in [-0.4, -0.2) is 52.1 Å². The Morgan fingerprint density at radius 1 is 1.06 bits per heavy atom. The molecule has 1 unspecified atom stereocenters. The van der Waals surface area contributed by atoms with Crippen molar-refractivity contribution in [2.24, 2.45) is 0 Å². The van der Waals surface area contributed by atoms with Gasteiger partial charge in [-0.15, -0.1) is 0 Å². The number of benzene rings is 1. The number of rotatable bonds is 10. The summed E-state index contributed by atoms with van der Waals surface area (Å²) in [5.74, 6) is -3.95. The summed E-state index contributed by atoms with van der Waals surface area (Å²) >= 11 is 0. The zero-order valence-corrected chi connectivity index (χ0v) is 18.1. The van der Waals surface area contributed by atoms with Gasteiger partial charge in [0.05, 0.1) is 35.2 Å². The minimum atomic E-state index is -1.19. The fourth-order valence-corrected chi connectivity index (χ4v) is 3.16. The van der Waals surface area contributed by atoms with Crippen LogP contribution in [0.25, 0.3) is 0 Å². The third-order valence-electron chi connectivity index (χ3n) is 4.79. The maximum absolute atomic E-state index is 12.9. The van der Waals surface area contributed by atoms with Crippen LogP contribution in [0, 0.1) is 10.1 Å². The molecule has 2 rings (SSSR count). The van der Waals surface area contributed by atoms with Crippen LogP contribution in [0.2, 0.25) is 0 Å². The van der Waals surface area contributed by atoms with Crippen molar-refractivity contribution in [3.05, 3.63) is 63.5 Å². The standard InChI is InChI=1S/C22H26N2O8/c1-4-10-31-21(27)16-12-23(14(3)20(25)26)13-17(22(28)32-11-5-2)19(16)15-8-6-7-9-18(15)24(29)30/h6-9,12-14,19H,4-5,10-11H2,1-3H3,(H,25,26). The molecule has 1 aliphatic rings. The SMILES string of the molecule is CCCOC(=O)C1=CN(C(C)C(=O)O)C=C(C(=O)OCCC)C1c1ccccc1[N+](=O)[O-]. The van der Waals surface area contributed by atoms with Crippen LogP contribution in [-0.2, 0) is 23.9 Å². The number of carboxylic acids is 1. The van der Waals surface area contributed by atoms with Gasteiger partial charge < -0.3 is 19.5 Å². The lowest BCUT2D eigenvalue weighted by Crippen LogP contribution is -2.37. The number of carbonyl (C=O) groups excluding carboxylic acids is 2. The molecule has 0 amide bonds. The van der Waals surface area contributed by atoms with Crippen molar-refractivity contribution in [2.45, 2.75) is 45.6 Å². The highest BCUT2D eigenvalue weighted by Crippen LogP contribution is 2.41. The number of nitrogens with zero attached hydrogens (tertiary/aromatic N) is 2. The van der Waals surface area contributed by atoms with Crippen molar-refractivity contribution in [2.75, 3.05) is 13.2 Å². The number of aliphatic carboxylic acids is 1. The van der Waals surface area contributed by atoms with E-state index in [4.69, 9.17) is 9.47 Å². The van der Waals surface area contributed by atoms with Gasteiger partial charge in [-0.25, -0.2) is 14.4 Å². The lowest BCUT2D eigenvalue weighted by Gasteiger charge is -2.32.